The van der Waals surface area contributed by atoms with Gasteiger partial charge in [-0.25, -0.2) is 0 Å². The zero-order chi connectivity index (χ0) is 18.6. The minimum atomic E-state index is -0.621. The normalized spacial score (nSPS) is 13.0. The molecule has 2 aromatic rings. The summed E-state index contributed by atoms with van der Waals surface area (Å²) >= 11 is 0. The lowest BCUT2D eigenvalue weighted by atomic mass is 9.96. The van der Waals surface area contributed by atoms with Crippen molar-refractivity contribution in [2.75, 3.05) is 0 Å². The zero-order valence-corrected chi connectivity index (χ0v) is 15.5. The Balaban J connectivity index is 2.01. The summed E-state index contributed by atoms with van der Waals surface area (Å²) in [6.07, 6.45) is 0. The number of aryl methyl sites for hydroxylation is 3. The zero-order valence-electron chi connectivity index (χ0n) is 15.5. The summed E-state index contributed by atoms with van der Waals surface area (Å²) in [5.41, 5.74) is 5.48. The summed E-state index contributed by atoms with van der Waals surface area (Å²) in [6.45, 7) is 9.87. The second-order valence-electron chi connectivity index (χ2n) is 6.59. The molecule has 0 radical (unpaired) electrons. The van der Waals surface area contributed by atoms with Gasteiger partial charge < -0.3 is 10.6 Å². The van der Waals surface area contributed by atoms with E-state index in [1.807, 2.05) is 58.0 Å². The molecule has 2 rings (SSSR count). The fourth-order valence-corrected chi connectivity index (χ4v) is 2.88. The molecule has 2 atom stereocenters. The van der Waals surface area contributed by atoms with Crippen LogP contribution in [0.15, 0.2) is 42.5 Å². The van der Waals surface area contributed by atoms with Crippen LogP contribution in [0.1, 0.15) is 53.7 Å². The van der Waals surface area contributed by atoms with Gasteiger partial charge in [-0.3, -0.25) is 9.59 Å². The van der Waals surface area contributed by atoms with E-state index in [4.69, 9.17) is 0 Å². The van der Waals surface area contributed by atoms with E-state index < -0.39 is 11.8 Å². The van der Waals surface area contributed by atoms with Gasteiger partial charge in [0.1, 0.15) is 0 Å². The van der Waals surface area contributed by atoms with E-state index in [0.717, 1.165) is 16.7 Å². The number of carbonyl (C=O) groups excluding carboxylic acids is 2. The lowest BCUT2D eigenvalue weighted by Crippen LogP contribution is -2.42. The SMILES string of the molecule is Cc1cc(C)c(C(C)NC(=O)C(=O)NC(C)c2ccccc2)cc1C. The maximum atomic E-state index is 12.2. The fraction of sp³-hybridized carbons (Fsp3) is 0.333. The third-order valence-corrected chi connectivity index (χ3v) is 4.55. The van der Waals surface area contributed by atoms with Gasteiger partial charge in [0.05, 0.1) is 12.1 Å². The van der Waals surface area contributed by atoms with E-state index in [1.165, 1.54) is 11.1 Å². The van der Waals surface area contributed by atoms with Gasteiger partial charge in [-0.15, -0.1) is 0 Å². The van der Waals surface area contributed by atoms with Crippen molar-refractivity contribution in [2.45, 2.75) is 46.7 Å². The van der Waals surface area contributed by atoms with Crippen LogP contribution in [-0.2, 0) is 9.59 Å². The summed E-state index contributed by atoms with van der Waals surface area (Å²) in [5, 5.41) is 5.53. The fourth-order valence-electron chi connectivity index (χ4n) is 2.88. The first-order valence-electron chi connectivity index (χ1n) is 8.53. The van der Waals surface area contributed by atoms with Gasteiger partial charge in [-0.2, -0.15) is 0 Å². The number of rotatable bonds is 4. The van der Waals surface area contributed by atoms with Crippen molar-refractivity contribution in [1.82, 2.24) is 10.6 Å². The van der Waals surface area contributed by atoms with Crippen molar-refractivity contribution in [3.8, 4) is 0 Å². The molecule has 132 valence electrons. The second-order valence-corrected chi connectivity index (χ2v) is 6.59. The standard InChI is InChI=1S/C21H26N2O2/c1-13-11-15(3)19(12-14(13)2)17(5)23-21(25)20(24)22-16(4)18-9-7-6-8-10-18/h6-12,16-17H,1-5H3,(H,22,24)(H,23,25). The van der Waals surface area contributed by atoms with Gasteiger partial charge in [0.15, 0.2) is 0 Å². The smallest absolute Gasteiger partial charge is 0.309 e. The van der Waals surface area contributed by atoms with Crippen molar-refractivity contribution in [3.05, 3.63) is 70.3 Å². The van der Waals surface area contributed by atoms with Gasteiger partial charge in [-0.05, 0) is 62.4 Å². The Hall–Kier alpha value is -2.62. The summed E-state index contributed by atoms with van der Waals surface area (Å²) in [4.78, 5) is 24.4. The van der Waals surface area contributed by atoms with Crippen molar-refractivity contribution in [1.29, 1.82) is 0 Å². The lowest BCUT2D eigenvalue weighted by Gasteiger charge is -2.19. The molecular formula is C21H26N2O2. The monoisotopic (exact) mass is 338 g/mol. The molecule has 4 nitrogen and oxygen atoms in total. The molecule has 2 aromatic carbocycles. The first-order chi connectivity index (χ1) is 11.8. The largest absolute Gasteiger partial charge is 0.341 e. The molecule has 2 N–H and O–H groups in total. The average molecular weight is 338 g/mol. The Kier molecular flexibility index (Phi) is 5.97. The van der Waals surface area contributed by atoms with Crippen molar-refractivity contribution >= 4 is 11.8 Å². The molecule has 0 saturated carbocycles. The summed E-state index contributed by atoms with van der Waals surface area (Å²) < 4.78 is 0. The maximum Gasteiger partial charge on any atom is 0.309 e. The number of nitrogens with one attached hydrogen (secondary N) is 2. The number of hydrogen-bond acceptors (Lipinski definition) is 2. The molecule has 25 heavy (non-hydrogen) atoms. The number of carbonyl (C=O) groups is 2. The third-order valence-electron chi connectivity index (χ3n) is 4.55. The molecule has 0 saturated heterocycles. The predicted molar refractivity (Wildman–Crippen MR) is 100 cm³/mol. The Morgan fingerprint density at radius 2 is 1.28 bits per heavy atom. The quantitative estimate of drug-likeness (QED) is 0.836. The highest BCUT2D eigenvalue weighted by Gasteiger charge is 2.20. The van der Waals surface area contributed by atoms with Crippen LogP contribution in [0.2, 0.25) is 0 Å². The Labute approximate surface area is 149 Å². The molecule has 0 aliphatic carbocycles. The van der Waals surface area contributed by atoms with E-state index in [9.17, 15) is 9.59 Å². The highest BCUT2D eigenvalue weighted by molar-refractivity contribution is 6.35. The molecule has 0 aliphatic rings. The third kappa shape index (κ3) is 4.69. The van der Waals surface area contributed by atoms with E-state index in [2.05, 4.69) is 29.7 Å². The van der Waals surface area contributed by atoms with Crippen LogP contribution in [0.3, 0.4) is 0 Å². The Morgan fingerprint density at radius 3 is 1.88 bits per heavy atom. The van der Waals surface area contributed by atoms with Gasteiger partial charge in [0, 0.05) is 0 Å². The van der Waals surface area contributed by atoms with Gasteiger partial charge >= 0.3 is 11.8 Å². The average Bonchev–Trinajstić information content (AvgIpc) is 2.58. The van der Waals surface area contributed by atoms with Crippen LogP contribution in [-0.4, -0.2) is 11.8 Å². The maximum absolute atomic E-state index is 12.2. The van der Waals surface area contributed by atoms with Crippen molar-refractivity contribution in [3.63, 3.8) is 0 Å². The van der Waals surface area contributed by atoms with E-state index >= 15 is 0 Å². The first kappa shape index (κ1) is 18.7. The second kappa shape index (κ2) is 7.97. The molecule has 0 heterocycles. The van der Waals surface area contributed by atoms with Gasteiger partial charge in [0.2, 0.25) is 0 Å². The van der Waals surface area contributed by atoms with Crippen molar-refractivity contribution in [2.24, 2.45) is 0 Å². The minimum Gasteiger partial charge on any atom is -0.341 e. The van der Waals surface area contributed by atoms with E-state index in [-0.39, 0.29) is 12.1 Å². The molecule has 0 aliphatic heterocycles. The molecule has 0 fully saturated rings. The molecule has 0 bridgehead atoms. The van der Waals surface area contributed by atoms with Gasteiger partial charge in [-0.1, -0.05) is 42.5 Å². The highest BCUT2D eigenvalue weighted by Crippen LogP contribution is 2.21. The Bertz CT molecular complexity index is 769. The van der Waals surface area contributed by atoms with Crippen LogP contribution in [0, 0.1) is 20.8 Å². The highest BCUT2D eigenvalue weighted by atomic mass is 16.2. The number of hydrogen-bond donors (Lipinski definition) is 2. The molecule has 2 unspecified atom stereocenters. The summed E-state index contributed by atoms with van der Waals surface area (Å²) in [5.74, 6) is -1.24. The number of benzene rings is 2. The lowest BCUT2D eigenvalue weighted by molar-refractivity contribution is -0.140. The van der Waals surface area contributed by atoms with E-state index in [0.29, 0.717) is 0 Å². The molecule has 0 spiro atoms. The topological polar surface area (TPSA) is 58.2 Å². The molecule has 0 aromatic heterocycles. The number of amides is 2. The summed E-state index contributed by atoms with van der Waals surface area (Å²) in [7, 11) is 0. The molecule has 2 amide bonds. The minimum absolute atomic E-state index is 0.224. The first-order valence-corrected chi connectivity index (χ1v) is 8.53. The van der Waals surface area contributed by atoms with E-state index in [1.54, 1.807) is 0 Å². The molecular weight excluding hydrogens is 312 g/mol. The Morgan fingerprint density at radius 1 is 0.760 bits per heavy atom. The van der Waals surface area contributed by atoms with Crippen LogP contribution < -0.4 is 10.6 Å². The van der Waals surface area contributed by atoms with Crippen LogP contribution in [0.4, 0.5) is 0 Å². The van der Waals surface area contributed by atoms with Crippen LogP contribution in [0.5, 0.6) is 0 Å². The summed E-state index contributed by atoms with van der Waals surface area (Å²) in [6, 6.07) is 13.3. The van der Waals surface area contributed by atoms with Gasteiger partial charge in [0.25, 0.3) is 0 Å². The van der Waals surface area contributed by atoms with Crippen LogP contribution in [0.25, 0.3) is 0 Å². The van der Waals surface area contributed by atoms with Crippen molar-refractivity contribution < 1.29 is 9.59 Å². The predicted octanol–water partition coefficient (Wildman–Crippen LogP) is 3.67. The van der Waals surface area contributed by atoms with Crippen LogP contribution >= 0.6 is 0 Å². The molecule has 4 heteroatoms.